The Hall–Kier alpha value is -3.15. The second kappa shape index (κ2) is 8.07. The number of carbonyl (C=O) groups is 2. The van der Waals surface area contributed by atoms with Gasteiger partial charge in [0.15, 0.2) is 5.58 Å². The van der Waals surface area contributed by atoms with Crippen LogP contribution in [-0.2, 0) is 4.79 Å². The van der Waals surface area contributed by atoms with Crippen molar-refractivity contribution in [2.75, 3.05) is 13.6 Å². The van der Waals surface area contributed by atoms with Crippen molar-refractivity contribution in [3.63, 3.8) is 0 Å². The summed E-state index contributed by atoms with van der Waals surface area (Å²) in [6, 6.07) is 15.0. The van der Waals surface area contributed by atoms with Gasteiger partial charge in [0.1, 0.15) is 5.52 Å². The predicted molar refractivity (Wildman–Crippen MR) is 111 cm³/mol. The van der Waals surface area contributed by atoms with Crippen molar-refractivity contribution in [1.29, 1.82) is 0 Å². The fraction of sp³-hybridized carbons (Fsp3) is 0.348. The third kappa shape index (κ3) is 3.88. The van der Waals surface area contributed by atoms with Gasteiger partial charge in [-0.3, -0.25) is 9.59 Å². The Morgan fingerprint density at radius 3 is 2.62 bits per heavy atom. The molecule has 1 N–H and O–H groups in total. The number of benzene rings is 2. The molecule has 1 aliphatic rings. The molecule has 1 aromatic heterocycles. The summed E-state index contributed by atoms with van der Waals surface area (Å²) in [6.45, 7) is 2.56. The standard InChI is InChI=1S/C23H25N3O3/c1-3-24-21(27)17-12-13-18(14-17)26(2)23(28)16-10-8-15(9-11-16)22-25-19-6-4-5-7-20(19)29-22/h4-11,17-18H,3,12-14H2,1-2H3,(H,24,27). The highest BCUT2D eigenvalue weighted by Gasteiger charge is 2.33. The molecule has 0 spiro atoms. The Bertz CT molecular complexity index is 992. The minimum absolute atomic E-state index is 0.00302. The molecule has 150 valence electrons. The zero-order valence-corrected chi connectivity index (χ0v) is 16.7. The molecule has 0 radical (unpaired) electrons. The number of fused-ring (bicyclic) bond motifs is 1. The lowest BCUT2D eigenvalue weighted by atomic mass is 10.1. The lowest BCUT2D eigenvalue weighted by molar-refractivity contribution is -0.124. The van der Waals surface area contributed by atoms with E-state index in [1.54, 1.807) is 17.0 Å². The molecule has 3 aromatic rings. The summed E-state index contributed by atoms with van der Waals surface area (Å²) in [5.41, 5.74) is 3.00. The van der Waals surface area contributed by atoms with E-state index in [0.29, 0.717) is 18.0 Å². The molecule has 4 rings (SSSR count). The van der Waals surface area contributed by atoms with Gasteiger partial charge in [0.25, 0.3) is 5.91 Å². The number of nitrogens with zero attached hydrogens (tertiary/aromatic N) is 2. The van der Waals surface area contributed by atoms with Crippen molar-refractivity contribution in [2.24, 2.45) is 5.92 Å². The van der Waals surface area contributed by atoms with Crippen molar-refractivity contribution in [3.8, 4) is 11.5 Å². The van der Waals surface area contributed by atoms with Crippen LogP contribution in [0.15, 0.2) is 52.9 Å². The van der Waals surface area contributed by atoms with Gasteiger partial charge in [-0.2, -0.15) is 0 Å². The van der Waals surface area contributed by atoms with Crippen LogP contribution in [0.1, 0.15) is 36.5 Å². The first-order valence-electron chi connectivity index (χ1n) is 10.1. The first kappa shape index (κ1) is 19.2. The summed E-state index contributed by atoms with van der Waals surface area (Å²) < 4.78 is 5.79. The van der Waals surface area contributed by atoms with Gasteiger partial charge in [0.05, 0.1) is 0 Å². The molecule has 0 saturated heterocycles. The summed E-state index contributed by atoms with van der Waals surface area (Å²) in [6.07, 6.45) is 2.39. The first-order chi connectivity index (χ1) is 14.1. The van der Waals surface area contributed by atoms with Crippen LogP contribution < -0.4 is 5.32 Å². The number of para-hydroxylation sites is 2. The van der Waals surface area contributed by atoms with Gasteiger partial charge in [-0.1, -0.05) is 12.1 Å². The van der Waals surface area contributed by atoms with Crippen LogP contribution in [0.5, 0.6) is 0 Å². The Labute approximate surface area is 169 Å². The van der Waals surface area contributed by atoms with Gasteiger partial charge < -0.3 is 14.6 Å². The molecule has 2 unspecified atom stereocenters. The van der Waals surface area contributed by atoms with Crippen LogP contribution in [0.3, 0.4) is 0 Å². The van der Waals surface area contributed by atoms with Crippen LogP contribution in [0.2, 0.25) is 0 Å². The number of oxazole rings is 1. The molecule has 1 saturated carbocycles. The molecule has 1 aliphatic carbocycles. The lowest BCUT2D eigenvalue weighted by Crippen LogP contribution is -2.36. The molecule has 0 bridgehead atoms. The second-order valence-electron chi connectivity index (χ2n) is 7.54. The summed E-state index contributed by atoms with van der Waals surface area (Å²) in [5.74, 6) is 0.602. The number of aromatic nitrogens is 1. The van der Waals surface area contributed by atoms with E-state index < -0.39 is 0 Å². The van der Waals surface area contributed by atoms with Gasteiger partial charge >= 0.3 is 0 Å². The van der Waals surface area contributed by atoms with E-state index in [9.17, 15) is 9.59 Å². The SMILES string of the molecule is CCNC(=O)C1CCC(N(C)C(=O)c2ccc(-c3nc4ccccc4o3)cc2)C1. The zero-order chi connectivity index (χ0) is 20.4. The predicted octanol–water partition coefficient (Wildman–Crippen LogP) is 3.87. The number of carbonyl (C=O) groups excluding carboxylic acids is 2. The van der Waals surface area contributed by atoms with Crippen molar-refractivity contribution in [1.82, 2.24) is 15.2 Å². The summed E-state index contributed by atoms with van der Waals surface area (Å²) in [4.78, 5) is 31.2. The van der Waals surface area contributed by atoms with Crippen LogP contribution in [0.25, 0.3) is 22.6 Å². The largest absolute Gasteiger partial charge is 0.436 e. The van der Waals surface area contributed by atoms with E-state index in [1.807, 2.05) is 50.4 Å². The number of hydrogen-bond acceptors (Lipinski definition) is 4. The minimum atomic E-state index is -0.0318. The van der Waals surface area contributed by atoms with Gasteiger partial charge in [-0.05, 0) is 62.6 Å². The van der Waals surface area contributed by atoms with Crippen molar-refractivity contribution in [2.45, 2.75) is 32.2 Å². The molecule has 2 atom stereocenters. The summed E-state index contributed by atoms with van der Waals surface area (Å²) >= 11 is 0. The van der Waals surface area contributed by atoms with Gasteiger partial charge in [0.2, 0.25) is 11.8 Å². The van der Waals surface area contributed by atoms with E-state index >= 15 is 0 Å². The van der Waals surface area contributed by atoms with Gasteiger partial charge in [0, 0.05) is 36.7 Å². The second-order valence-corrected chi connectivity index (χ2v) is 7.54. The first-order valence-corrected chi connectivity index (χ1v) is 10.1. The van der Waals surface area contributed by atoms with E-state index in [1.165, 1.54) is 0 Å². The minimum Gasteiger partial charge on any atom is -0.436 e. The third-order valence-electron chi connectivity index (χ3n) is 5.67. The summed E-state index contributed by atoms with van der Waals surface area (Å²) in [7, 11) is 1.82. The molecular formula is C23H25N3O3. The van der Waals surface area contributed by atoms with Gasteiger partial charge in [-0.15, -0.1) is 0 Å². The molecule has 1 heterocycles. The fourth-order valence-electron chi connectivity index (χ4n) is 3.99. The maximum atomic E-state index is 12.9. The van der Waals surface area contributed by atoms with Crippen molar-refractivity contribution in [3.05, 3.63) is 54.1 Å². The highest BCUT2D eigenvalue weighted by Crippen LogP contribution is 2.30. The molecule has 0 aliphatic heterocycles. The lowest BCUT2D eigenvalue weighted by Gasteiger charge is -2.25. The third-order valence-corrected chi connectivity index (χ3v) is 5.67. The van der Waals surface area contributed by atoms with E-state index in [2.05, 4.69) is 10.3 Å². The maximum Gasteiger partial charge on any atom is 0.253 e. The number of amides is 2. The van der Waals surface area contributed by atoms with Crippen LogP contribution in [0.4, 0.5) is 0 Å². The smallest absolute Gasteiger partial charge is 0.253 e. The van der Waals surface area contributed by atoms with Gasteiger partial charge in [-0.25, -0.2) is 4.98 Å². The van der Waals surface area contributed by atoms with Crippen molar-refractivity contribution < 1.29 is 14.0 Å². The Morgan fingerprint density at radius 1 is 1.14 bits per heavy atom. The topological polar surface area (TPSA) is 75.4 Å². The van der Waals surface area contributed by atoms with Crippen LogP contribution in [-0.4, -0.2) is 41.3 Å². The van der Waals surface area contributed by atoms with E-state index in [4.69, 9.17) is 4.42 Å². The highest BCUT2D eigenvalue weighted by molar-refractivity contribution is 5.94. The Morgan fingerprint density at radius 2 is 1.90 bits per heavy atom. The van der Waals surface area contributed by atoms with Crippen LogP contribution >= 0.6 is 0 Å². The van der Waals surface area contributed by atoms with E-state index in [0.717, 1.165) is 35.9 Å². The monoisotopic (exact) mass is 391 g/mol. The average Bonchev–Trinajstić information content (AvgIpc) is 3.40. The van der Waals surface area contributed by atoms with Crippen LogP contribution in [0, 0.1) is 5.92 Å². The highest BCUT2D eigenvalue weighted by atomic mass is 16.3. The number of rotatable bonds is 5. The number of hydrogen-bond donors (Lipinski definition) is 1. The molecule has 1 fully saturated rings. The normalized spacial score (nSPS) is 18.7. The zero-order valence-electron chi connectivity index (χ0n) is 16.7. The number of nitrogens with one attached hydrogen (secondary N) is 1. The van der Waals surface area contributed by atoms with E-state index in [-0.39, 0.29) is 23.8 Å². The molecule has 6 heteroatoms. The Balaban J connectivity index is 1.44. The molecule has 2 aromatic carbocycles. The molecular weight excluding hydrogens is 366 g/mol. The maximum absolute atomic E-state index is 12.9. The average molecular weight is 391 g/mol. The summed E-state index contributed by atoms with van der Waals surface area (Å²) in [5, 5.41) is 2.88. The molecule has 2 amide bonds. The Kier molecular flexibility index (Phi) is 5.34. The molecule has 29 heavy (non-hydrogen) atoms. The van der Waals surface area contributed by atoms with Crippen molar-refractivity contribution >= 4 is 22.9 Å². The quantitative estimate of drug-likeness (QED) is 0.716. The fourth-order valence-corrected chi connectivity index (χ4v) is 3.99. The molecule has 6 nitrogen and oxygen atoms in total.